The molecule has 0 saturated heterocycles. The third-order valence-corrected chi connectivity index (χ3v) is 3.58. The Morgan fingerprint density at radius 3 is 2.33 bits per heavy atom. The maximum Gasteiger partial charge on any atom is 0.140 e. The van der Waals surface area contributed by atoms with Gasteiger partial charge in [0.05, 0.1) is 0 Å². The molecule has 0 amide bonds. The third kappa shape index (κ3) is 3.94. The lowest BCUT2D eigenvalue weighted by Crippen LogP contribution is -2.29. The summed E-state index contributed by atoms with van der Waals surface area (Å²) in [5.74, 6) is 0.923. The summed E-state index contributed by atoms with van der Waals surface area (Å²) in [5, 5.41) is 0. The zero-order valence-corrected chi connectivity index (χ0v) is 10.0. The van der Waals surface area contributed by atoms with Crippen LogP contribution in [0.15, 0.2) is 0 Å². The standard InChI is InChI=1S/C13H25NO/c1-2-7-12(10-14)13(15)11-8-5-3-4-6-9-11/h11-12H,2-10,14H2,1H3. The van der Waals surface area contributed by atoms with E-state index in [1.807, 2.05) is 0 Å². The van der Waals surface area contributed by atoms with E-state index in [0.717, 1.165) is 25.7 Å². The number of Topliss-reactive ketones (excluding diaryl/α,β-unsaturated/α-hetero) is 1. The largest absolute Gasteiger partial charge is 0.330 e. The number of hydrogen-bond donors (Lipinski definition) is 1. The molecule has 88 valence electrons. The first-order chi connectivity index (χ1) is 7.29. The summed E-state index contributed by atoms with van der Waals surface area (Å²) in [6.45, 7) is 2.67. The molecule has 1 unspecified atom stereocenters. The van der Waals surface area contributed by atoms with Crippen molar-refractivity contribution in [3.05, 3.63) is 0 Å². The average Bonchev–Trinajstić information content (AvgIpc) is 2.53. The quantitative estimate of drug-likeness (QED) is 0.710. The van der Waals surface area contributed by atoms with Gasteiger partial charge in [-0.2, -0.15) is 0 Å². The molecule has 2 heteroatoms. The third-order valence-electron chi connectivity index (χ3n) is 3.58. The summed E-state index contributed by atoms with van der Waals surface area (Å²) in [5.41, 5.74) is 5.68. The fraction of sp³-hybridized carbons (Fsp3) is 0.923. The van der Waals surface area contributed by atoms with Crippen molar-refractivity contribution in [2.45, 2.75) is 58.3 Å². The molecule has 1 fully saturated rings. The second-order valence-electron chi connectivity index (χ2n) is 4.81. The van der Waals surface area contributed by atoms with Gasteiger partial charge in [0.2, 0.25) is 0 Å². The van der Waals surface area contributed by atoms with Gasteiger partial charge in [-0.3, -0.25) is 4.79 Å². The molecule has 15 heavy (non-hydrogen) atoms. The van der Waals surface area contributed by atoms with Crippen LogP contribution in [0.1, 0.15) is 58.3 Å². The highest BCUT2D eigenvalue weighted by Gasteiger charge is 2.25. The lowest BCUT2D eigenvalue weighted by atomic mass is 9.85. The normalized spacial score (nSPS) is 20.9. The molecule has 1 rings (SSSR count). The predicted molar refractivity (Wildman–Crippen MR) is 63.7 cm³/mol. The number of ketones is 1. The first-order valence-corrected chi connectivity index (χ1v) is 6.53. The number of nitrogens with two attached hydrogens (primary N) is 1. The van der Waals surface area contributed by atoms with Gasteiger partial charge in [0.15, 0.2) is 0 Å². The first kappa shape index (κ1) is 12.7. The summed E-state index contributed by atoms with van der Waals surface area (Å²) < 4.78 is 0. The van der Waals surface area contributed by atoms with Crippen molar-refractivity contribution < 1.29 is 4.79 Å². The molecule has 0 bridgehead atoms. The summed E-state index contributed by atoms with van der Waals surface area (Å²) in [6.07, 6.45) is 9.36. The Balaban J connectivity index is 2.47. The molecule has 0 heterocycles. The van der Waals surface area contributed by atoms with Gasteiger partial charge in [0.25, 0.3) is 0 Å². The SMILES string of the molecule is CCCC(CN)C(=O)C1CCCCCC1. The lowest BCUT2D eigenvalue weighted by molar-refractivity contribution is -0.127. The Morgan fingerprint density at radius 1 is 1.27 bits per heavy atom. The summed E-state index contributed by atoms with van der Waals surface area (Å²) >= 11 is 0. The van der Waals surface area contributed by atoms with Crippen LogP contribution >= 0.6 is 0 Å². The fourth-order valence-corrected chi connectivity index (χ4v) is 2.62. The topological polar surface area (TPSA) is 43.1 Å². The van der Waals surface area contributed by atoms with E-state index < -0.39 is 0 Å². The highest BCUT2D eigenvalue weighted by molar-refractivity contribution is 5.83. The maximum absolute atomic E-state index is 12.2. The van der Waals surface area contributed by atoms with Crippen molar-refractivity contribution >= 4 is 5.78 Å². The number of carbonyl (C=O) groups excluding carboxylic acids is 1. The van der Waals surface area contributed by atoms with Crippen LogP contribution in [0.3, 0.4) is 0 Å². The molecule has 0 aliphatic heterocycles. The molecule has 0 radical (unpaired) electrons. The molecule has 1 atom stereocenters. The van der Waals surface area contributed by atoms with Gasteiger partial charge in [-0.1, -0.05) is 39.0 Å². The van der Waals surface area contributed by atoms with Gasteiger partial charge in [-0.05, 0) is 19.3 Å². The molecule has 0 spiro atoms. The second-order valence-corrected chi connectivity index (χ2v) is 4.81. The highest BCUT2D eigenvalue weighted by atomic mass is 16.1. The van der Waals surface area contributed by atoms with Gasteiger partial charge in [-0.15, -0.1) is 0 Å². The monoisotopic (exact) mass is 211 g/mol. The van der Waals surface area contributed by atoms with Gasteiger partial charge in [-0.25, -0.2) is 0 Å². The van der Waals surface area contributed by atoms with Crippen LogP contribution in [0.4, 0.5) is 0 Å². The van der Waals surface area contributed by atoms with Crippen LogP contribution in [-0.4, -0.2) is 12.3 Å². The van der Waals surface area contributed by atoms with E-state index in [2.05, 4.69) is 6.92 Å². The lowest BCUT2D eigenvalue weighted by Gasteiger charge is -2.19. The zero-order valence-electron chi connectivity index (χ0n) is 10.0. The number of carbonyl (C=O) groups is 1. The average molecular weight is 211 g/mol. The smallest absolute Gasteiger partial charge is 0.140 e. The molecule has 1 saturated carbocycles. The van der Waals surface area contributed by atoms with Crippen LogP contribution in [0, 0.1) is 11.8 Å². The van der Waals surface area contributed by atoms with E-state index in [1.165, 1.54) is 25.7 Å². The van der Waals surface area contributed by atoms with E-state index in [4.69, 9.17) is 5.73 Å². The fourth-order valence-electron chi connectivity index (χ4n) is 2.62. The van der Waals surface area contributed by atoms with Crippen LogP contribution < -0.4 is 5.73 Å². The maximum atomic E-state index is 12.2. The van der Waals surface area contributed by atoms with Gasteiger partial charge >= 0.3 is 0 Å². The number of rotatable bonds is 5. The highest BCUT2D eigenvalue weighted by Crippen LogP contribution is 2.26. The van der Waals surface area contributed by atoms with E-state index >= 15 is 0 Å². The second kappa shape index (κ2) is 7.00. The van der Waals surface area contributed by atoms with E-state index in [-0.39, 0.29) is 5.92 Å². The molecule has 1 aliphatic rings. The van der Waals surface area contributed by atoms with E-state index in [9.17, 15) is 4.79 Å². The molecule has 0 aromatic carbocycles. The van der Waals surface area contributed by atoms with Crippen molar-refractivity contribution in [2.24, 2.45) is 17.6 Å². The van der Waals surface area contributed by atoms with Crippen molar-refractivity contribution in [1.82, 2.24) is 0 Å². The minimum absolute atomic E-state index is 0.137. The van der Waals surface area contributed by atoms with Crippen molar-refractivity contribution in [1.29, 1.82) is 0 Å². The van der Waals surface area contributed by atoms with Crippen LogP contribution in [0.5, 0.6) is 0 Å². The van der Waals surface area contributed by atoms with Crippen molar-refractivity contribution in [3.63, 3.8) is 0 Å². The summed E-state index contributed by atoms with van der Waals surface area (Å²) in [6, 6.07) is 0. The molecular weight excluding hydrogens is 186 g/mol. The Morgan fingerprint density at radius 2 is 1.87 bits per heavy atom. The molecule has 2 N–H and O–H groups in total. The zero-order chi connectivity index (χ0) is 11.1. The first-order valence-electron chi connectivity index (χ1n) is 6.53. The molecule has 1 aliphatic carbocycles. The van der Waals surface area contributed by atoms with Crippen LogP contribution in [0.25, 0.3) is 0 Å². The van der Waals surface area contributed by atoms with Gasteiger partial charge in [0, 0.05) is 18.4 Å². The van der Waals surface area contributed by atoms with Gasteiger partial charge < -0.3 is 5.73 Å². The Hall–Kier alpha value is -0.370. The van der Waals surface area contributed by atoms with Crippen molar-refractivity contribution in [2.75, 3.05) is 6.54 Å². The van der Waals surface area contributed by atoms with Gasteiger partial charge in [0.1, 0.15) is 5.78 Å². The summed E-state index contributed by atoms with van der Waals surface area (Å²) in [7, 11) is 0. The van der Waals surface area contributed by atoms with Crippen LogP contribution in [0.2, 0.25) is 0 Å². The Labute approximate surface area is 93.6 Å². The minimum atomic E-state index is 0.137. The van der Waals surface area contributed by atoms with Crippen molar-refractivity contribution in [3.8, 4) is 0 Å². The predicted octanol–water partition coefficient (Wildman–Crippen LogP) is 2.90. The molecule has 0 aromatic heterocycles. The minimum Gasteiger partial charge on any atom is -0.330 e. The molecule has 2 nitrogen and oxygen atoms in total. The van der Waals surface area contributed by atoms with E-state index in [1.54, 1.807) is 0 Å². The van der Waals surface area contributed by atoms with Crippen LogP contribution in [-0.2, 0) is 4.79 Å². The Kier molecular flexibility index (Phi) is 5.92. The Bertz CT molecular complexity index is 183. The summed E-state index contributed by atoms with van der Waals surface area (Å²) in [4.78, 5) is 12.2. The molecular formula is C13H25NO. The molecule has 0 aromatic rings. The van der Waals surface area contributed by atoms with E-state index in [0.29, 0.717) is 18.2 Å². The number of hydrogen-bond acceptors (Lipinski definition) is 2.